The van der Waals surface area contributed by atoms with Gasteiger partial charge in [0.05, 0.1) is 5.92 Å². The minimum Gasteiger partial charge on any atom is -0.481 e. The molecule has 1 aliphatic rings. The maximum absolute atomic E-state index is 14.1. The molecule has 0 aliphatic carbocycles. The minimum atomic E-state index is -1.12. The van der Waals surface area contributed by atoms with Crippen molar-refractivity contribution in [2.45, 2.75) is 25.4 Å². The van der Waals surface area contributed by atoms with Crippen LogP contribution in [-0.4, -0.2) is 23.5 Å². The lowest BCUT2D eigenvalue weighted by Crippen LogP contribution is -2.40. The number of rotatable bonds is 8. The van der Waals surface area contributed by atoms with Gasteiger partial charge in [-0.1, -0.05) is 110 Å². The maximum atomic E-state index is 14.1. The third kappa shape index (κ3) is 4.38. The second-order valence-electron chi connectivity index (χ2n) is 8.96. The molecule has 4 heteroatoms. The third-order valence-corrected chi connectivity index (χ3v) is 6.80. The molecule has 5 rings (SSSR count). The zero-order valence-corrected chi connectivity index (χ0v) is 20.0. The number of aryl methyl sites for hydroxylation is 1. The van der Waals surface area contributed by atoms with Gasteiger partial charge in [-0.3, -0.25) is 14.4 Å². The van der Waals surface area contributed by atoms with E-state index >= 15 is 0 Å². The Morgan fingerprint density at radius 3 is 1.81 bits per heavy atom. The smallest absolute Gasteiger partial charge is 0.203 e. The summed E-state index contributed by atoms with van der Waals surface area (Å²) in [5.74, 6) is -2.26. The molecule has 1 aliphatic heterocycles. The summed E-state index contributed by atoms with van der Waals surface area (Å²) in [6, 6.07) is 32.3. The summed E-state index contributed by atoms with van der Waals surface area (Å²) in [6.45, 7) is 2.05. The number of ether oxygens (including phenoxy) is 1. The first-order valence-electron chi connectivity index (χ1n) is 12.2. The summed E-state index contributed by atoms with van der Waals surface area (Å²) < 4.78 is 6.17. The molecule has 3 unspecified atom stereocenters. The Bertz CT molecular complexity index is 1390. The van der Waals surface area contributed by atoms with Crippen molar-refractivity contribution in [1.82, 2.24) is 0 Å². The van der Waals surface area contributed by atoms with Gasteiger partial charge in [0.2, 0.25) is 5.78 Å². The lowest BCUT2D eigenvalue weighted by molar-refractivity contribution is 0.0669. The number of fused-ring (bicyclic) bond motifs is 1. The molecule has 36 heavy (non-hydrogen) atoms. The zero-order chi connectivity index (χ0) is 25.1. The summed E-state index contributed by atoms with van der Waals surface area (Å²) in [4.78, 5) is 41.8. The maximum Gasteiger partial charge on any atom is 0.203 e. The highest BCUT2D eigenvalue weighted by atomic mass is 16.5. The van der Waals surface area contributed by atoms with E-state index in [0.717, 1.165) is 12.0 Å². The van der Waals surface area contributed by atoms with E-state index in [2.05, 4.69) is 0 Å². The fraction of sp³-hybridized carbons (Fsp3) is 0.156. The second-order valence-corrected chi connectivity index (χ2v) is 8.96. The van der Waals surface area contributed by atoms with Gasteiger partial charge in [-0.05, 0) is 18.1 Å². The first-order valence-corrected chi connectivity index (χ1v) is 12.2. The molecule has 4 aromatic carbocycles. The van der Waals surface area contributed by atoms with Crippen LogP contribution < -0.4 is 4.74 Å². The van der Waals surface area contributed by atoms with Gasteiger partial charge in [0.25, 0.3) is 0 Å². The molecular weight excluding hydrogens is 448 g/mol. The number of carbonyl (C=O) groups is 3. The van der Waals surface area contributed by atoms with Crippen molar-refractivity contribution in [3.05, 3.63) is 137 Å². The molecule has 0 N–H and O–H groups in total. The fourth-order valence-corrected chi connectivity index (χ4v) is 4.89. The summed E-state index contributed by atoms with van der Waals surface area (Å²) >= 11 is 0. The fourth-order valence-electron chi connectivity index (χ4n) is 4.89. The van der Waals surface area contributed by atoms with Gasteiger partial charge < -0.3 is 4.74 Å². The Labute approximate surface area is 210 Å². The van der Waals surface area contributed by atoms with E-state index in [1.807, 2.05) is 49.4 Å². The zero-order valence-electron chi connectivity index (χ0n) is 20.0. The normalized spacial score (nSPS) is 17.0. The van der Waals surface area contributed by atoms with Crippen LogP contribution in [-0.2, 0) is 6.42 Å². The number of Topliss-reactive ketones (excluding diaryl/α,β-unsaturated/α-hetero) is 3. The number of hydrogen-bond acceptors (Lipinski definition) is 4. The Balaban J connectivity index is 1.64. The largest absolute Gasteiger partial charge is 0.481 e. The van der Waals surface area contributed by atoms with E-state index in [9.17, 15) is 14.4 Å². The van der Waals surface area contributed by atoms with Gasteiger partial charge in [0.15, 0.2) is 17.7 Å². The van der Waals surface area contributed by atoms with Gasteiger partial charge >= 0.3 is 0 Å². The average Bonchev–Trinajstić information content (AvgIpc) is 3.33. The van der Waals surface area contributed by atoms with Gasteiger partial charge in [0, 0.05) is 28.2 Å². The van der Waals surface area contributed by atoms with Gasteiger partial charge in [-0.2, -0.15) is 0 Å². The molecule has 1 heterocycles. The van der Waals surface area contributed by atoms with E-state index in [1.165, 1.54) is 0 Å². The number of para-hydroxylation sites is 1. The SMILES string of the molecule is CCc1ccc(C(=O)C(C(=O)c2ccccc2)C2c3ccccc3OC2C(=O)c2ccccc2)cc1. The van der Waals surface area contributed by atoms with Gasteiger partial charge in [0.1, 0.15) is 5.75 Å². The molecule has 0 saturated heterocycles. The van der Waals surface area contributed by atoms with E-state index < -0.39 is 17.9 Å². The second kappa shape index (κ2) is 10.1. The van der Waals surface area contributed by atoms with Crippen LogP contribution in [0.2, 0.25) is 0 Å². The highest BCUT2D eigenvalue weighted by Crippen LogP contribution is 2.45. The molecule has 4 nitrogen and oxygen atoms in total. The summed E-state index contributed by atoms with van der Waals surface area (Å²) in [6.07, 6.45) is -0.153. The van der Waals surface area contributed by atoms with Crippen LogP contribution >= 0.6 is 0 Å². The predicted octanol–water partition coefficient (Wildman–Crippen LogP) is 6.36. The van der Waals surface area contributed by atoms with Crippen molar-refractivity contribution in [1.29, 1.82) is 0 Å². The lowest BCUT2D eigenvalue weighted by atomic mass is 9.73. The first-order chi connectivity index (χ1) is 17.6. The lowest BCUT2D eigenvalue weighted by Gasteiger charge is -2.26. The van der Waals surface area contributed by atoms with E-state index in [0.29, 0.717) is 28.0 Å². The standard InChI is InChI=1S/C32H26O4/c1-2-21-17-19-24(20-18-21)30(34)28(29(33)22-11-5-3-6-12-22)27-25-15-9-10-16-26(25)36-32(27)31(35)23-13-7-4-8-14-23/h3-20,27-28,32H,2H2,1H3. The summed E-state index contributed by atoms with van der Waals surface area (Å²) in [5.41, 5.74) is 3.14. The molecule has 0 amide bonds. The summed E-state index contributed by atoms with van der Waals surface area (Å²) in [5, 5.41) is 0. The minimum absolute atomic E-state index is 0.253. The number of hydrogen-bond donors (Lipinski definition) is 0. The molecule has 0 fully saturated rings. The highest BCUT2D eigenvalue weighted by molar-refractivity contribution is 6.17. The molecule has 178 valence electrons. The van der Waals surface area contributed by atoms with Crippen molar-refractivity contribution in [2.24, 2.45) is 5.92 Å². The monoisotopic (exact) mass is 474 g/mol. The van der Waals surface area contributed by atoms with Crippen molar-refractivity contribution in [2.75, 3.05) is 0 Å². The Morgan fingerprint density at radius 2 is 1.19 bits per heavy atom. The van der Waals surface area contributed by atoms with Crippen LogP contribution in [0.1, 0.15) is 55.0 Å². The van der Waals surface area contributed by atoms with Crippen molar-refractivity contribution in [3.8, 4) is 5.75 Å². The van der Waals surface area contributed by atoms with Crippen molar-refractivity contribution in [3.63, 3.8) is 0 Å². The molecule has 0 spiro atoms. The van der Waals surface area contributed by atoms with Crippen LogP contribution in [0.3, 0.4) is 0 Å². The first kappa shape index (κ1) is 23.4. The molecule has 0 saturated carbocycles. The Kier molecular flexibility index (Phi) is 6.59. The van der Waals surface area contributed by atoms with E-state index in [1.54, 1.807) is 66.7 Å². The Morgan fingerprint density at radius 1 is 0.667 bits per heavy atom. The molecule has 0 radical (unpaired) electrons. The van der Waals surface area contributed by atoms with Crippen LogP contribution in [0, 0.1) is 5.92 Å². The van der Waals surface area contributed by atoms with Crippen LogP contribution in [0.4, 0.5) is 0 Å². The molecule has 0 aromatic heterocycles. The van der Waals surface area contributed by atoms with E-state index in [4.69, 9.17) is 4.74 Å². The average molecular weight is 475 g/mol. The molecular formula is C32H26O4. The highest BCUT2D eigenvalue weighted by Gasteiger charge is 2.49. The molecule has 0 bridgehead atoms. The van der Waals surface area contributed by atoms with Crippen molar-refractivity contribution < 1.29 is 19.1 Å². The number of carbonyl (C=O) groups excluding carboxylic acids is 3. The quantitative estimate of drug-likeness (QED) is 0.220. The van der Waals surface area contributed by atoms with Crippen LogP contribution in [0.5, 0.6) is 5.75 Å². The van der Waals surface area contributed by atoms with Gasteiger partial charge in [-0.25, -0.2) is 0 Å². The van der Waals surface area contributed by atoms with Crippen molar-refractivity contribution >= 4 is 17.3 Å². The molecule has 4 aromatic rings. The topological polar surface area (TPSA) is 60.4 Å². The van der Waals surface area contributed by atoms with Crippen LogP contribution in [0.25, 0.3) is 0 Å². The van der Waals surface area contributed by atoms with E-state index in [-0.39, 0.29) is 17.3 Å². The van der Waals surface area contributed by atoms with Crippen LogP contribution in [0.15, 0.2) is 109 Å². The summed E-state index contributed by atoms with van der Waals surface area (Å²) in [7, 11) is 0. The third-order valence-electron chi connectivity index (χ3n) is 6.80. The van der Waals surface area contributed by atoms with Gasteiger partial charge in [-0.15, -0.1) is 0 Å². The number of ketones is 3. The predicted molar refractivity (Wildman–Crippen MR) is 139 cm³/mol. The number of benzene rings is 4. The Hall–Kier alpha value is -4.31. The molecule has 3 atom stereocenters.